The molecule has 0 saturated heterocycles. The first kappa shape index (κ1) is 13.9. The van der Waals surface area contributed by atoms with Gasteiger partial charge in [0.1, 0.15) is 0 Å². The molecule has 20 heavy (non-hydrogen) atoms. The highest BCUT2D eigenvalue weighted by molar-refractivity contribution is 5.32. The van der Waals surface area contributed by atoms with Gasteiger partial charge in [0.15, 0.2) is 11.6 Å². The predicted molar refractivity (Wildman–Crippen MR) is 78.3 cm³/mol. The van der Waals surface area contributed by atoms with Gasteiger partial charge in [-0.1, -0.05) is 25.0 Å². The van der Waals surface area contributed by atoms with Crippen LogP contribution < -0.4 is 10.5 Å². The van der Waals surface area contributed by atoms with E-state index in [0.717, 1.165) is 24.7 Å². The minimum atomic E-state index is -0.242. The Morgan fingerprint density at radius 2 is 2.10 bits per heavy atom. The summed E-state index contributed by atoms with van der Waals surface area (Å²) in [5, 5.41) is 0. The fourth-order valence-electron chi connectivity index (χ4n) is 3.80. The van der Waals surface area contributed by atoms with Crippen LogP contribution in [0.15, 0.2) is 18.2 Å². The summed E-state index contributed by atoms with van der Waals surface area (Å²) >= 11 is 0. The molecule has 2 unspecified atom stereocenters. The number of halogens is 1. The smallest absolute Gasteiger partial charge is 0.168 e. The maximum Gasteiger partial charge on any atom is 0.168 e. The molecule has 0 aromatic heterocycles. The molecule has 0 aliphatic heterocycles. The van der Waals surface area contributed by atoms with Gasteiger partial charge in [0.05, 0.1) is 7.11 Å². The van der Waals surface area contributed by atoms with E-state index in [1.165, 1.54) is 32.8 Å². The molecule has 2 aliphatic rings. The third-order valence-electron chi connectivity index (χ3n) is 5.01. The minimum absolute atomic E-state index is 0.237. The standard InChI is InChI=1S/C17H24FNO/c1-20-15-6-2-4-14(16(15)18)11-17(19)9-3-5-13(10-17)12-7-8-12/h2,4,6,12-13H,3,5,7-11,19H2,1H3. The molecule has 0 radical (unpaired) electrons. The molecule has 0 heterocycles. The van der Waals surface area contributed by atoms with Crippen molar-refractivity contribution in [2.45, 2.75) is 50.5 Å². The van der Waals surface area contributed by atoms with Gasteiger partial charge < -0.3 is 10.5 Å². The third kappa shape index (κ3) is 2.83. The van der Waals surface area contributed by atoms with E-state index >= 15 is 0 Å². The number of ether oxygens (including phenoxy) is 1. The van der Waals surface area contributed by atoms with Crippen LogP contribution in [0.1, 0.15) is 44.1 Å². The van der Waals surface area contributed by atoms with Gasteiger partial charge in [0.25, 0.3) is 0 Å². The molecule has 2 nitrogen and oxygen atoms in total. The fourth-order valence-corrected chi connectivity index (χ4v) is 3.80. The van der Waals surface area contributed by atoms with Gasteiger partial charge >= 0.3 is 0 Å². The molecule has 3 heteroatoms. The van der Waals surface area contributed by atoms with Crippen molar-refractivity contribution in [1.82, 2.24) is 0 Å². The van der Waals surface area contributed by atoms with Crippen molar-refractivity contribution >= 4 is 0 Å². The van der Waals surface area contributed by atoms with Crippen LogP contribution in [-0.2, 0) is 6.42 Å². The number of hydrogen-bond donors (Lipinski definition) is 1. The maximum atomic E-state index is 14.3. The molecule has 2 aliphatic carbocycles. The van der Waals surface area contributed by atoms with E-state index in [1.807, 2.05) is 12.1 Å². The van der Waals surface area contributed by atoms with Crippen molar-refractivity contribution in [2.75, 3.05) is 7.11 Å². The Labute approximate surface area is 120 Å². The third-order valence-corrected chi connectivity index (χ3v) is 5.01. The number of hydrogen-bond acceptors (Lipinski definition) is 2. The molecular weight excluding hydrogens is 253 g/mol. The van der Waals surface area contributed by atoms with Crippen LogP contribution in [0, 0.1) is 17.7 Å². The maximum absolute atomic E-state index is 14.3. The molecule has 1 aromatic rings. The van der Waals surface area contributed by atoms with Gasteiger partial charge in [-0.25, -0.2) is 4.39 Å². The van der Waals surface area contributed by atoms with E-state index in [9.17, 15) is 4.39 Å². The number of rotatable bonds is 4. The van der Waals surface area contributed by atoms with Crippen LogP contribution in [0.2, 0.25) is 0 Å². The van der Waals surface area contributed by atoms with E-state index < -0.39 is 0 Å². The first-order chi connectivity index (χ1) is 9.61. The summed E-state index contributed by atoms with van der Waals surface area (Å²) in [6.07, 6.45) is 7.91. The van der Waals surface area contributed by atoms with E-state index in [1.54, 1.807) is 6.07 Å². The van der Waals surface area contributed by atoms with Gasteiger partial charge in [-0.05, 0) is 55.6 Å². The summed E-state index contributed by atoms with van der Waals surface area (Å²) in [5.41, 5.74) is 7.06. The Balaban J connectivity index is 1.75. The first-order valence-electron chi connectivity index (χ1n) is 7.71. The minimum Gasteiger partial charge on any atom is -0.494 e. The zero-order chi connectivity index (χ0) is 14.2. The van der Waals surface area contributed by atoms with E-state index in [2.05, 4.69) is 0 Å². The lowest BCUT2D eigenvalue weighted by molar-refractivity contribution is 0.203. The highest BCUT2D eigenvalue weighted by atomic mass is 19.1. The molecule has 2 atom stereocenters. The van der Waals surface area contributed by atoms with Gasteiger partial charge in [0.2, 0.25) is 0 Å². The van der Waals surface area contributed by atoms with Crippen LogP contribution in [0.4, 0.5) is 4.39 Å². The Kier molecular flexibility index (Phi) is 3.72. The van der Waals surface area contributed by atoms with Gasteiger partial charge in [-0.2, -0.15) is 0 Å². The SMILES string of the molecule is COc1cccc(CC2(N)CCCC(C3CC3)C2)c1F. The zero-order valence-corrected chi connectivity index (χ0v) is 12.2. The summed E-state index contributed by atoms with van der Waals surface area (Å²) in [7, 11) is 1.50. The molecule has 0 spiro atoms. The Hall–Kier alpha value is -1.09. The van der Waals surface area contributed by atoms with Crippen molar-refractivity contribution in [1.29, 1.82) is 0 Å². The van der Waals surface area contributed by atoms with Crippen LogP contribution in [-0.4, -0.2) is 12.6 Å². The Morgan fingerprint density at radius 3 is 2.80 bits per heavy atom. The molecule has 0 amide bonds. The van der Waals surface area contributed by atoms with Crippen molar-refractivity contribution in [3.05, 3.63) is 29.6 Å². The molecule has 1 aromatic carbocycles. The monoisotopic (exact) mass is 277 g/mol. The van der Waals surface area contributed by atoms with E-state index in [0.29, 0.717) is 17.7 Å². The van der Waals surface area contributed by atoms with Gasteiger partial charge in [-0.15, -0.1) is 0 Å². The Morgan fingerprint density at radius 1 is 1.30 bits per heavy atom. The summed E-state index contributed by atoms with van der Waals surface area (Å²) in [4.78, 5) is 0. The summed E-state index contributed by atoms with van der Waals surface area (Å²) in [5.74, 6) is 1.74. The lowest BCUT2D eigenvalue weighted by Crippen LogP contribution is -2.46. The number of nitrogens with two attached hydrogens (primary N) is 1. The Bertz CT molecular complexity index is 486. The van der Waals surface area contributed by atoms with Gasteiger partial charge in [-0.3, -0.25) is 0 Å². The molecule has 3 rings (SSSR count). The number of methoxy groups -OCH3 is 1. The second-order valence-corrected chi connectivity index (χ2v) is 6.67. The number of benzene rings is 1. The quantitative estimate of drug-likeness (QED) is 0.911. The summed E-state index contributed by atoms with van der Waals surface area (Å²) < 4.78 is 19.3. The average Bonchev–Trinajstić information content (AvgIpc) is 3.25. The normalized spacial score (nSPS) is 30.2. The molecule has 0 bridgehead atoms. The van der Waals surface area contributed by atoms with Crippen molar-refractivity contribution < 1.29 is 9.13 Å². The summed E-state index contributed by atoms with van der Waals surface area (Å²) in [6.45, 7) is 0. The van der Waals surface area contributed by atoms with E-state index in [4.69, 9.17) is 10.5 Å². The van der Waals surface area contributed by atoms with Crippen LogP contribution in [0.5, 0.6) is 5.75 Å². The predicted octanol–water partition coefficient (Wildman–Crippen LogP) is 3.67. The summed E-state index contributed by atoms with van der Waals surface area (Å²) in [6, 6.07) is 5.35. The molecule has 2 fully saturated rings. The van der Waals surface area contributed by atoms with Crippen molar-refractivity contribution in [3.8, 4) is 5.75 Å². The van der Waals surface area contributed by atoms with Crippen molar-refractivity contribution in [2.24, 2.45) is 17.6 Å². The van der Waals surface area contributed by atoms with E-state index in [-0.39, 0.29) is 11.4 Å². The lowest BCUT2D eigenvalue weighted by atomic mass is 9.71. The highest BCUT2D eigenvalue weighted by Gasteiger charge is 2.40. The molecule has 110 valence electrons. The largest absolute Gasteiger partial charge is 0.494 e. The fraction of sp³-hybridized carbons (Fsp3) is 0.647. The lowest BCUT2D eigenvalue weighted by Gasteiger charge is -2.38. The van der Waals surface area contributed by atoms with Crippen LogP contribution in [0.25, 0.3) is 0 Å². The molecule has 2 N–H and O–H groups in total. The average molecular weight is 277 g/mol. The molecule has 2 saturated carbocycles. The second-order valence-electron chi connectivity index (χ2n) is 6.67. The first-order valence-corrected chi connectivity index (χ1v) is 7.71. The highest BCUT2D eigenvalue weighted by Crippen LogP contribution is 2.46. The molecular formula is C17H24FNO. The van der Waals surface area contributed by atoms with Crippen LogP contribution in [0.3, 0.4) is 0 Å². The zero-order valence-electron chi connectivity index (χ0n) is 12.2. The van der Waals surface area contributed by atoms with Gasteiger partial charge in [0, 0.05) is 5.54 Å². The van der Waals surface area contributed by atoms with Crippen molar-refractivity contribution in [3.63, 3.8) is 0 Å². The second kappa shape index (κ2) is 5.36. The van der Waals surface area contributed by atoms with Crippen LogP contribution >= 0.6 is 0 Å². The topological polar surface area (TPSA) is 35.2 Å².